The van der Waals surface area contributed by atoms with Crippen LogP contribution in [-0.2, 0) is 0 Å². The van der Waals surface area contributed by atoms with Crippen LogP contribution in [-0.4, -0.2) is 15.7 Å². The van der Waals surface area contributed by atoms with Gasteiger partial charge in [0.05, 0.1) is 21.0 Å². The highest BCUT2D eigenvalue weighted by molar-refractivity contribution is 14.1. The largest absolute Gasteiger partial charge is 0.399 e. The molecule has 5 nitrogen and oxygen atoms in total. The number of nitrogens with two attached hydrogens (primary N) is 2. The van der Waals surface area contributed by atoms with Gasteiger partial charge in [-0.25, -0.2) is 4.68 Å². The zero-order valence-electron chi connectivity index (χ0n) is 8.22. The monoisotopic (exact) mass is 328 g/mol. The maximum atomic E-state index is 11.3. The van der Waals surface area contributed by atoms with Crippen molar-refractivity contribution in [1.29, 1.82) is 0 Å². The van der Waals surface area contributed by atoms with Gasteiger partial charge >= 0.3 is 0 Å². The van der Waals surface area contributed by atoms with E-state index in [1.807, 2.05) is 0 Å². The van der Waals surface area contributed by atoms with Crippen molar-refractivity contribution in [2.24, 2.45) is 5.73 Å². The number of nitrogens with zero attached hydrogens (tertiary/aromatic N) is 2. The third-order valence-corrected chi connectivity index (χ3v) is 2.64. The molecule has 0 aliphatic rings. The van der Waals surface area contributed by atoms with Crippen LogP contribution in [0.2, 0.25) is 0 Å². The smallest absolute Gasteiger partial charge is 0.250 e. The SMILES string of the molecule is NC(=O)c1ccc(N)cc1-n1cc(I)cn1. The van der Waals surface area contributed by atoms with Crippen molar-refractivity contribution in [3.05, 3.63) is 39.7 Å². The second kappa shape index (κ2) is 4.12. The zero-order valence-corrected chi connectivity index (χ0v) is 10.4. The van der Waals surface area contributed by atoms with Crippen LogP contribution in [0.25, 0.3) is 5.69 Å². The molecule has 1 aromatic heterocycles. The molecule has 1 amide bonds. The van der Waals surface area contributed by atoms with E-state index in [0.717, 1.165) is 3.57 Å². The first-order valence-electron chi connectivity index (χ1n) is 4.48. The molecule has 2 rings (SSSR count). The first kappa shape index (κ1) is 10.9. The van der Waals surface area contributed by atoms with Crippen molar-refractivity contribution in [3.63, 3.8) is 0 Å². The van der Waals surface area contributed by atoms with Crippen molar-refractivity contribution in [3.8, 4) is 5.69 Å². The highest BCUT2D eigenvalue weighted by atomic mass is 127. The second-order valence-corrected chi connectivity index (χ2v) is 4.49. The number of nitrogen functional groups attached to an aromatic ring is 1. The normalized spacial score (nSPS) is 10.3. The minimum absolute atomic E-state index is 0.397. The summed E-state index contributed by atoms with van der Waals surface area (Å²) in [6.45, 7) is 0. The predicted octanol–water partition coefficient (Wildman–Crippen LogP) is 1.16. The lowest BCUT2D eigenvalue weighted by Gasteiger charge is -2.07. The van der Waals surface area contributed by atoms with Gasteiger partial charge in [0.25, 0.3) is 5.91 Å². The Morgan fingerprint density at radius 1 is 1.44 bits per heavy atom. The number of carbonyl (C=O) groups is 1. The third kappa shape index (κ3) is 2.01. The molecule has 1 aromatic carbocycles. The van der Waals surface area contributed by atoms with E-state index in [9.17, 15) is 4.79 Å². The Bertz CT molecular complexity index is 550. The number of halogens is 1. The van der Waals surface area contributed by atoms with E-state index < -0.39 is 5.91 Å². The van der Waals surface area contributed by atoms with Crippen molar-refractivity contribution >= 4 is 34.2 Å². The van der Waals surface area contributed by atoms with E-state index in [0.29, 0.717) is 16.9 Å². The fraction of sp³-hybridized carbons (Fsp3) is 0. The Balaban J connectivity index is 2.62. The quantitative estimate of drug-likeness (QED) is 0.641. The van der Waals surface area contributed by atoms with Crippen LogP contribution in [0.5, 0.6) is 0 Å². The average molecular weight is 328 g/mol. The number of carbonyl (C=O) groups excluding carboxylic acids is 1. The number of amides is 1. The van der Waals surface area contributed by atoms with E-state index in [1.165, 1.54) is 0 Å². The summed E-state index contributed by atoms with van der Waals surface area (Å²) in [4.78, 5) is 11.3. The molecule has 0 saturated heterocycles. The van der Waals surface area contributed by atoms with Gasteiger partial charge in [-0.05, 0) is 40.8 Å². The third-order valence-electron chi connectivity index (χ3n) is 2.09. The number of aromatic nitrogens is 2. The summed E-state index contributed by atoms with van der Waals surface area (Å²) < 4.78 is 2.55. The van der Waals surface area contributed by atoms with Gasteiger partial charge in [-0.3, -0.25) is 4.79 Å². The van der Waals surface area contributed by atoms with Gasteiger partial charge in [0.15, 0.2) is 0 Å². The first-order chi connectivity index (χ1) is 7.58. The molecule has 16 heavy (non-hydrogen) atoms. The van der Waals surface area contributed by atoms with Crippen molar-refractivity contribution < 1.29 is 4.79 Å². The van der Waals surface area contributed by atoms with E-state index in [4.69, 9.17) is 11.5 Å². The standard InChI is InChI=1S/C10H9IN4O/c11-6-4-14-15(5-6)9-3-7(12)1-2-8(9)10(13)16/h1-5H,12H2,(H2,13,16). The van der Waals surface area contributed by atoms with E-state index >= 15 is 0 Å². The average Bonchev–Trinajstić information content (AvgIpc) is 2.64. The molecule has 0 atom stereocenters. The summed E-state index contributed by atoms with van der Waals surface area (Å²) in [6, 6.07) is 4.91. The molecule has 0 unspecified atom stereocenters. The molecule has 0 spiro atoms. The fourth-order valence-corrected chi connectivity index (χ4v) is 1.77. The summed E-state index contributed by atoms with van der Waals surface area (Å²) in [5, 5.41) is 4.12. The number of hydrogen-bond donors (Lipinski definition) is 2. The highest BCUT2D eigenvalue weighted by Crippen LogP contribution is 2.18. The van der Waals surface area contributed by atoms with Crippen LogP contribution in [0.1, 0.15) is 10.4 Å². The summed E-state index contributed by atoms with van der Waals surface area (Å²) in [5.41, 5.74) is 12.5. The topological polar surface area (TPSA) is 86.9 Å². The molecule has 6 heteroatoms. The van der Waals surface area contributed by atoms with Gasteiger partial charge in [0.2, 0.25) is 0 Å². The summed E-state index contributed by atoms with van der Waals surface area (Å²) in [6.07, 6.45) is 3.48. The maximum absolute atomic E-state index is 11.3. The Morgan fingerprint density at radius 2 is 2.19 bits per heavy atom. The molecule has 0 aliphatic carbocycles. The van der Waals surface area contributed by atoms with Crippen LogP contribution in [0.3, 0.4) is 0 Å². The van der Waals surface area contributed by atoms with Crippen LogP contribution in [0, 0.1) is 3.57 Å². The summed E-state index contributed by atoms with van der Waals surface area (Å²) in [7, 11) is 0. The second-order valence-electron chi connectivity index (χ2n) is 3.24. The number of primary amides is 1. The molecule has 2 aromatic rings. The van der Waals surface area contributed by atoms with Crippen molar-refractivity contribution in [2.45, 2.75) is 0 Å². The van der Waals surface area contributed by atoms with E-state index in [2.05, 4.69) is 27.7 Å². The van der Waals surface area contributed by atoms with Crippen LogP contribution >= 0.6 is 22.6 Å². The molecular formula is C10H9IN4O. The Labute approximate surface area is 106 Å². The zero-order chi connectivity index (χ0) is 11.7. The molecule has 82 valence electrons. The Kier molecular flexibility index (Phi) is 2.82. The minimum Gasteiger partial charge on any atom is -0.399 e. The maximum Gasteiger partial charge on any atom is 0.250 e. The molecule has 4 N–H and O–H groups in total. The summed E-state index contributed by atoms with van der Waals surface area (Å²) >= 11 is 2.13. The van der Waals surface area contributed by atoms with Gasteiger partial charge in [-0.2, -0.15) is 5.10 Å². The number of rotatable bonds is 2. The lowest BCUT2D eigenvalue weighted by molar-refractivity contribution is 0.1000. The molecule has 0 bridgehead atoms. The number of anilines is 1. The number of benzene rings is 1. The molecule has 0 radical (unpaired) electrons. The lowest BCUT2D eigenvalue weighted by Crippen LogP contribution is -2.15. The Hall–Kier alpha value is -1.57. The van der Waals surface area contributed by atoms with Crippen LogP contribution in [0.15, 0.2) is 30.6 Å². The van der Waals surface area contributed by atoms with Gasteiger partial charge in [0, 0.05) is 11.9 Å². The van der Waals surface area contributed by atoms with Crippen molar-refractivity contribution in [1.82, 2.24) is 9.78 Å². The Morgan fingerprint density at radius 3 is 2.75 bits per heavy atom. The van der Waals surface area contributed by atoms with Gasteiger partial charge in [0.1, 0.15) is 0 Å². The van der Waals surface area contributed by atoms with Gasteiger partial charge in [-0.15, -0.1) is 0 Å². The van der Waals surface area contributed by atoms with Crippen LogP contribution in [0.4, 0.5) is 5.69 Å². The summed E-state index contributed by atoms with van der Waals surface area (Å²) in [5.74, 6) is -0.500. The molecule has 1 heterocycles. The highest BCUT2D eigenvalue weighted by Gasteiger charge is 2.10. The molecule has 0 saturated carbocycles. The van der Waals surface area contributed by atoms with E-state index in [1.54, 1.807) is 35.3 Å². The van der Waals surface area contributed by atoms with E-state index in [-0.39, 0.29) is 0 Å². The van der Waals surface area contributed by atoms with Gasteiger partial charge in [-0.1, -0.05) is 0 Å². The number of hydrogen-bond acceptors (Lipinski definition) is 3. The molecule has 0 fully saturated rings. The fourth-order valence-electron chi connectivity index (χ4n) is 1.38. The predicted molar refractivity (Wildman–Crippen MR) is 69.2 cm³/mol. The lowest BCUT2D eigenvalue weighted by atomic mass is 10.1. The molecule has 0 aliphatic heterocycles. The van der Waals surface area contributed by atoms with Crippen molar-refractivity contribution in [2.75, 3.05) is 5.73 Å². The minimum atomic E-state index is -0.500. The molecular weight excluding hydrogens is 319 g/mol. The van der Waals surface area contributed by atoms with Crippen LogP contribution < -0.4 is 11.5 Å². The van der Waals surface area contributed by atoms with Gasteiger partial charge < -0.3 is 11.5 Å². The first-order valence-corrected chi connectivity index (χ1v) is 5.55.